The summed E-state index contributed by atoms with van der Waals surface area (Å²) in [7, 11) is 0. The van der Waals surface area contributed by atoms with Gasteiger partial charge in [-0.2, -0.15) is 0 Å². The molecule has 12 heavy (non-hydrogen) atoms. The van der Waals surface area contributed by atoms with E-state index in [1.807, 2.05) is 17.6 Å². The van der Waals surface area contributed by atoms with Crippen LogP contribution < -0.4 is 0 Å². The van der Waals surface area contributed by atoms with Crippen LogP contribution in [0, 0.1) is 0 Å². The summed E-state index contributed by atoms with van der Waals surface area (Å²) in [6.45, 7) is 0. The van der Waals surface area contributed by atoms with E-state index in [-0.39, 0.29) is 0 Å². The van der Waals surface area contributed by atoms with Gasteiger partial charge in [0, 0.05) is 18.0 Å². The van der Waals surface area contributed by atoms with Crippen LogP contribution >= 0.6 is 27.3 Å². The molecule has 0 fully saturated rings. The minimum absolute atomic E-state index is 0.988. The molecule has 0 aliphatic rings. The molecule has 0 spiro atoms. The normalized spacial score (nSPS) is 10.1. The van der Waals surface area contributed by atoms with E-state index in [1.165, 1.54) is 0 Å². The Balaban J connectivity index is 2.51. The van der Waals surface area contributed by atoms with Gasteiger partial charge in [-0.3, -0.25) is 4.98 Å². The van der Waals surface area contributed by atoms with Gasteiger partial charge in [0.15, 0.2) is 0 Å². The molecule has 0 radical (unpaired) electrons. The highest BCUT2D eigenvalue weighted by Gasteiger charge is 2.04. The highest BCUT2D eigenvalue weighted by molar-refractivity contribution is 9.11. The predicted octanol–water partition coefficient (Wildman–Crippen LogP) is 2.97. The minimum atomic E-state index is 0.988. The van der Waals surface area contributed by atoms with Gasteiger partial charge in [-0.25, -0.2) is 4.98 Å². The Hall–Kier alpha value is -0.740. The standard InChI is InChI=1S/C8H5BrN2S/c9-8-7(11-5-12-8)6-1-3-10-4-2-6/h1-5H. The number of pyridine rings is 1. The number of thiazole rings is 1. The highest BCUT2D eigenvalue weighted by Crippen LogP contribution is 2.29. The molecule has 0 N–H and O–H groups in total. The van der Waals surface area contributed by atoms with Crippen LogP contribution in [0.4, 0.5) is 0 Å². The van der Waals surface area contributed by atoms with Crippen molar-refractivity contribution in [3.63, 3.8) is 0 Å². The van der Waals surface area contributed by atoms with Crippen molar-refractivity contribution in [3.05, 3.63) is 33.8 Å². The fourth-order valence-corrected chi connectivity index (χ4v) is 2.04. The maximum atomic E-state index is 4.23. The SMILES string of the molecule is Brc1scnc1-c1ccncc1. The Morgan fingerprint density at radius 2 is 2.00 bits per heavy atom. The average Bonchev–Trinajstić information content (AvgIpc) is 2.53. The molecule has 0 aliphatic carbocycles. The zero-order chi connectivity index (χ0) is 8.39. The van der Waals surface area contributed by atoms with Crippen LogP contribution in [-0.4, -0.2) is 9.97 Å². The number of nitrogens with zero attached hydrogens (tertiary/aromatic N) is 2. The molecule has 2 heterocycles. The third-order valence-electron chi connectivity index (χ3n) is 1.48. The number of rotatable bonds is 1. The first-order valence-corrected chi connectivity index (χ1v) is 5.04. The molecule has 2 aromatic rings. The fourth-order valence-electron chi connectivity index (χ4n) is 0.930. The van der Waals surface area contributed by atoms with Crippen LogP contribution in [0.25, 0.3) is 11.3 Å². The van der Waals surface area contributed by atoms with Crippen molar-refractivity contribution >= 4 is 27.3 Å². The van der Waals surface area contributed by atoms with Crippen LogP contribution in [0.3, 0.4) is 0 Å². The van der Waals surface area contributed by atoms with Gasteiger partial charge in [0.05, 0.1) is 15.0 Å². The molecule has 0 unspecified atom stereocenters. The third-order valence-corrected chi connectivity index (χ3v) is 3.03. The van der Waals surface area contributed by atoms with Gasteiger partial charge in [0.2, 0.25) is 0 Å². The minimum Gasteiger partial charge on any atom is -0.265 e. The number of halogens is 1. The second-order valence-electron chi connectivity index (χ2n) is 2.21. The summed E-state index contributed by atoms with van der Waals surface area (Å²) in [6, 6.07) is 3.89. The number of hydrogen-bond acceptors (Lipinski definition) is 3. The van der Waals surface area contributed by atoms with Crippen molar-refractivity contribution in [1.82, 2.24) is 9.97 Å². The largest absolute Gasteiger partial charge is 0.265 e. The third kappa shape index (κ3) is 1.40. The summed E-state index contributed by atoms with van der Waals surface area (Å²) in [5.74, 6) is 0. The van der Waals surface area contributed by atoms with Crippen molar-refractivity contribution in [1.29, 1.82) is 0 Å². The lowest BCUT2D eigenvalue weighted by Crippen LogP contribution is -1.77. The highest BCUT2D eigenvalue weighted by atomic mass is 79.9. The van der Waals surface area contributed by atoms with Gasteiger partial charge < -0.3 is 0 Å². The van der Waals surface area contributed by atoms with Gasteiger partial charge in [0.25, 0.3) is 0 Å². The lowest BCUT2D eigenvalue weighted by atomic mass is 10.2. The molecular weight excluding hydrogens is 236 g/mol. The summed E-state index contributed by atoms with van der Waals surface area (Å²) in [5, 5.41) is 0. The molecule has 0 saturated carbocycles. The average molecular weight is 241 g/mol. The van der Waals surface area contributed by atoms with Crippen LogP contribution in [0.15, 0.2) is 33.8 Å². The number of hydrogen-bond donors (Lipinski definition) is 0. The first-order valence-electron chi connectivity index (χ1n) is 3.37. The van der Waals surface area contributed by atoms with E-state index in [0.29, 0.717) is 0 Å². The van der Waals surface area contributed by atoms with Gasteiger partial charge in [-0.15, -0.1) is 11.3 Å². The molecule has 2 nitrogen and oxygen atoms in total. The van der Waals surface area contributed by atoms with Gasteiger partial charge in [-0.05, 0) is 28.1 Å². The fraction of sp³-hybridized carbons (Fsp3) is 0. The monoisotopic (exact) mass is 240 g/mol. The van der Waals surface area contributed by atoms with Crippen LogP contribution in [0.1, 0.15) is 0 Å². The first-order chi connectivity index (χ1) is 5.88. The smallest absolute Gasteiger partial charge is 0.0976 e. The molecule has 0 saturated heterocycles. The van der Waals surface area contributed by atoms with E-state index >= 15 is 0 Å². The Kier molecular flexibility index (Phi) is 2.19. The Labute approximate surface area is 82.4 Å². The molecule has 60 valence electrons. The predicted molar refractivity (Wildman–Crippen MR) is 53.0 cm³/mol. The molecule has 4 heteroatoms. The maximum Gasteiger partial charge on any atom is 0.0976 e. The van der Waals surface area contributed by atoms with Crippen molar-refractivity contribution in [2.24, 2.45) is 0 Å². The van der Waals surface area contributed by atoms with E-state index in [1.54, 1.807) is 23.7 Å². The molecule has 0 aliphatic heterocycles. The molecule has 2 aromatic heterocycles. The van der Waals surface area contributed by atoms with Crippen LogP contribution in [0.2, 0.25) is 0 Å². The van der Waals surface area contributed by atoms with E-state index < -0.39 is 0 Å². The van der Waals surface area contributed by atoms with E-state index in [2.05, 4.69) is 25.9 Å². The first kappa shape index (κ1) is 7.89. The Morgan fingerprint density at radius 1 is 1.25 bits per heavy atom. The number of aromatic nitrogens is 2. The molecule has 0 aromatic carbocycles. The lowest BCUT2D eigenvalue weighted by molar-refractivity contribution is 1.31. The quantitative estimate of drug-likeness (QED) is 0.767. The zero-order valence-corrected chi connectivity index (χ0v) is 8.47. The van der Waals surface area contributed by atoms with Crippen LogP contribution in [-0.2, 0) is 0 Å². The van der Waals surface area contributed by atoms with Gasteiger partial charge in [-0.1, -0.05) is 0 Å². The van der Waals surface area contributed by atoms with Gasteiger partial charge in [0.1, 0.15) is 0 Å². The maximum absolute atomic E-state index is 4.23. The summed E-state index contributed by atoms with van der Waals surface area (Å²) < 4.78 is 1.06. The van der Waals surface area contributed by atoms with E-state index in [9.17, 15) is 0 Å². The van der Waals surface area contributed by atoms with E-state index in [4.69, 9.17) is 0 Å². The Bertz CT molecular complexity index is 372. The molecule has 2 rings (SSSR count). The van der Waals surface area contributed by atoms with Crippen molar-refractivity contribution < 1.29 is 0 Å². The van der Waals surface area contributed by atoms with E-state index in [0.717, 1.165) is 15.0 Å². The molecule has 0 atom stereocenters. The molecule has 0 bridgehead atoms. The zero-order valence-electron chi connectivity index (χ0n) is 6.07. The summed E-state index contributed by atoms with van der Waals surface area (Å²) >= 11 is 5.02. The van der Waals surface area contributed by atoms with Crippen LogP contribution in [0.5, 0.6) is 0 Å². The van der Waals surface area contributed by atoms with Gasteiger partial charge >= 0.3 is 0 Å². The van der Waals surface area contributed by atoms with Crippen molar-refractivity contribution in [2.75, 3.05) is 0 Å². The van der Waals surface area contributed by atoms with Crippen molar-refractivity contribution in [3.8, 4) is 11.3 Å². The topological polar surface area (TPSA) is 25.8 Å². The second kappa shape index (κ2) is 3.33. The lowest BCUT2D eigenvalue weighted by Gasteiger charge is -1.94. The molecule has 0 amide bonds. The second-order valence-corrected chi connectivity index (χ2v) is 4.38. The Morgan fingerprint density at radius 3 is 2.58 bits per heavy atom. The molecular formula is C8H5BrN2S. The summed E-state index contributed by atoms with van der Waals surface area (Å²) in [6.07, 6.45) is 3.53. The summed E-state index contributed by atoms with van der Waals surface area (Å²) in [4.78, 5) is 8.18. The summed E-state index contributed by atoms with van der Waals surface area (Å²) in [5.41, 5.74) is 3.90. The van der Waals surface area contributed by atoms with Crippen molar-refractivity contribution in [2.45, 2.75) is 0 Å².